The normalized spacial score (nSPS) is 12.1. The van der Waals surface area contributed by atoms with Gasteiger partial charge in [0.2, 0.25) is 0 Å². The van der Waals surface area contributed by atoms with Crippen molar-refractivity contribution in [1.29, 1.82) is 0 Å². The summed E-state index contributed by atoms with van der Waals surface area (Å²) in [4.78, 5) is 15.8. The molecule has 1 atom stereocenters. The minimum Gasteiger partial charge on any atom is -0.348 e. The second kappa shape index (κ2) is 5.64. The molecule has 0 aliphatic carbocycles. The molecule has 94 valence electrons. The molecule has 1 amide bonds. The van der Waals surface area contributed by atoms with E-state index in [0.29, 0.717) is 12.1 Å². The van der Waals surface area contributed by atoms with Crippen molar-refractivity contribution in [1.82, 2.24) is 20.1 Å². The molecule has 0 aromatic carbocycles. The summed E-state index contributed by atoms with van der Waals surface area (Å²) >= 11 is 5.86. The lowest BCUT2D eigenvalue weighted by molar-refractivity contribution is 0.0936. The molecule has 2 aromatic heterocycles. The summed E-state index contributed by atoms with van der Waals surface area (Å²) in [5.41, 5.74) is 0.381. The molecule has 0 aliphatic heterocycles. The molecule has 0 spiro atoms. The van der Waals surface area contributed by atoms with Crippen LogP contribution in [0.15, 0.2) is 36.8 Å². The minimum absolute atomic E-state index is 0.0475. The Kier molecular flexibility index (Phi) is 3.94. The highest BCUT2D eigenvalue weighted by Gasteiger charge is 2.13. The van der Waals surface area contributed by atoms with E-state index in [1.807, 2.05) is 19.2 Å². The summed E-state index contributed by atoms with van der Waals surface area (Å²) < 4.78 is 1.76. The van der Waals surface area contributed by atoms with Crippen molar-refractivity contribution in [2.75, 3.05) is 0 Å². The Morgan fingerprint density at radius 2 is 2.33 bits per heavy atom. The van der Waals surface area contributed by atoms with Gasteiger partial charge in [-0.1, -0.05) is 11.6 Å². The lowest BCUT2D eigenvalue weighted by Gasteiger charge is -2.14. The lowest BCUT2D eigenvalue weighted by atomic mass is 10.2. The van der Waals surface area contributed by atoms with Gasteiger partial charge in [0.25, 0.3) is 5.91 Å². The number of halogens is 1. The summed E-state index contributed by atoms with van der Waals surface area (Å²) in [5.74, 6) is -0.229. The molecule has 18 heavy (non-hydrogen) atoms. The molecule has 0 fully saturated rings. The largest absolute Gasteiger partial charge is 0.348 e. The number of rotatable bonds is 4. The fraction of sp³-hybridized carbons (Fsp3) is 0.250. The molecule has 2 rings (SSSR count). The zero-order valence-corrected chi connectivity index (χ0v) is 10.6. The zero-order valence-electron chi connectivity index (χ0n) is 9.88. The van der Waals surface area contributed by atoms with Crippen molar-refractivity contribution in [2.45, 2.75) is 19.5 Å². The molecular weight excluding hydrogens is 252 g/mol. The van der Waals surface area contributed by atoms with Crippen LogP contribution in [0, 0.1) is 0 Å². The Balaban J connectivity index is 1.97. The van der Waals surface area contributed by atoms with E-state index in [9.17, 15) is 4.79 Å². The standard InChI is InChI=1S/C12H13ClN4O/c1-9(8-17-7-3-6-15-17)16-12(18)10-4-2-5-14-11(10)13/h2-7,9H,8H2,1H3,(H,16,18). The fourth-order valence-electron chi connectivity index (χ4n) is 1.59. The van der Waals surface area contributed by atoms with Crippen LogP contribution < -0.4 is 5.32 Å². The summed E-state index contributed by atoms with van der Waals surface area (Å²) in [6.07, 6.45) is 5.10. The highest BCUT2D eigenvalue weighted by atomic mass is 35.5. The van der Waals surface area contributed by atoms with Crippen LogP contribution in [0.4, 0.5) is 0 Å². The summed E-state index contributed by atoms with van der Waals surface area (Å²) in [5, 5.41) is 7.14. The molecule has 1 unspecified atom stereocenters. The van der Waals surface area contributed by atoms with Crippen LogP contribution >= 0.6 is 11.6 Å². The Morgan fingerprint density at radius 3 is 3.00 bits per heavy atom. The molecule has 0 saturated carbocycles. The Morgan fingerprint density at radius 1 is 1.50 bits per heavy atom. The molecule has 0 bridgehead atoms. The first-order valence-electron chi connectivity index (χ1n) is 5.55. The van der Waals surface area contributed by atoms with Crippen molar-refractivity contribution >= 4 is 17.5 Å². The number of pyridine rings is 1. The number of nitrogens with one attached hydrogen (secondary N) is 1. The van der Waals surface area contributed by atoms with Crippen molar-refractivity contribution in [3.05, 3.63) is 47.5 Å². The molecule has 2 aromatic rings. The second-order valence-electron chi connectivity index (χ2n) is 3.94. The number of hydrogen-bond acceptors (Lipinski definition) is 3. The van der Waals surface area contributed by atoms with E-state index in [1.165, 1.54) is 0 Å². The van der Waals surface area contributed by atoms with Gasteiger partial charge in [0, 0.05) is 24.6 Å². The van der Waals surface area contributed by atoms with Gasteiger partial charge in [0.1, 0.15) is 5.15 Å². The predicted molar refractivity (Wildman–Crippen MR) is 68.4 cm³/mol. The Labute approximate surface area is 110 Å². The number of carbonyl (C=O) groups excluding carboxylic acids is 1. The average Bonchev–Trinajstić information content (AvgIpc) is 2.82. The molecule has 0 radical (unpaired) electrons. The number of amides is 1. The van der Waals surface area contributed by atoms with Gasteiger partial charge in [-0.2, -0.15) is 5.10 Å². The van der Waals surface area contributed by atoms with Crippen LogP contribution in [-0.2, 0) is 6.54 Å². The third-order valence-electron chi connectivity index (χ3n) is 2.40. The highest BCUT2D eigenvalue weighted by molar-refractivity contribution is 6.32. The van der Waals surface area contributed by atoms with Crippen molar-refractivity contribution < 1.29 is 4.79 Å². The Hall–Kier alpha value is -1.88. The van der Waals surface area contributed by atoms with Crippen molar-refractivity contribution in [3.63, 3.8) is 0 Å². The SMILES string of the molecule is CC(Cn1cccn1)NC(=O)c1cccnc1Cl. The van der Waals surface area contributed by atoms with Gasteiger partial charge in [0.05, 0.1) is 12.1 Å². The molecule has 1 N–H and O–H groups in total. The third kappa shape index (κ3) is 3.07. The molecule has 2 heterocycles. The molecule has 5 nitrogen and oxygen atoms in total. The van der Waals surface area contributed by atoms with Crippen LogP contribution in [0.5, 0.6) is 0 Å². The van der Waals surface area contributed by atoms with E-state index in [0.717, 1.165) is 0 Å². The van der Waals surface area contributed by atoms with E-state index < -0.39 is 0 Å². The van der Waals surface area contributed by atoms with Gasteiger partial charge < -0.3 is 5.32 Å². The third-order valence-corrected chi connectivity index (χ3v) is 2.70. The van der Waals surface area contributed by atoms with E-state index in [2.05, 4.69) is 15.4 Å². The van der Waals surface area contributed by atoms with Crippen molar-refractivity contribution in [3.8, 4) is 0 Å². The van der Waals surface area contributed by atoms with Crippen LogP contribution in [-0.4, -0.2) is 26.7 Å². The highest BCUT2D eigenvalue weighted by Crippen LogP contribution is 2.11. The van der Waals surface area contributed by atoms with Crippen LogP contribution in [0.3, 0.4) is 0 Å². The first kappa shape index (κ1) is 12.6. The number of carbonyl (C=O) groups is 1. The topological polar surface area (TPSA) is 59.8 Å². The van der Waals surface area contributed by atoms with Gasteiger partial charge in [-0.05, 0) is 25.1 Å². The van der Waals surface area contributed by atoms with Gasteiger partial charge in [-0.25, -0.2) is 4.98 Å². The summed E-state index contributed by atoms with van der Waals surface area (Å²) in [6.45, 7) is 2.51. The zero-order chi connectivity index (χ0) is 13.0. The molecule has 0 aliphatic rings. The first-order valence-corrected chi connectivity index (χ1v) is 5.93. The van der Waals surface area contributed by atoms with E-state index in [-0.39, 0.29) is 17.1 Å². The number of hydrogen-bond donors (Lipinski definition) is 1. The lowest BCUT2D eigenvalue weighted by Crippen LogP contribution is -2.36. The first-order chi connectivity index (χ1) is 8.66. The van der Waals surface area contributed by atoms with Gasteiger partial charge >= 0.3 is 0 Å². The van der Waals surface area contributed by atoms with E-state index in [1.54, 1.807) is 29.2 Å². The number of nitrogens with zero attached hydrogens (tertiary/aromatic N) is 3. The minimum atomic E-state index is -0.229. The van der Waals surface area contributed by atoms with Gasteiger partial charge in [-0.15, -0.1) is 0 Å². The quantitative estimate of drug-likeness (QED) is 0.856. The maximum Gasteiger partial charge on any atom is 0.254 e. The average molecular weight is 265 g/mol. The second-order valence-corrected chi connectivity index (χ2v) is 4.30. The smallest absolute Gasteiger partial charge is 0.254 e. The Bertz CT molecular complexity index is 527. The maximum absolute atomic E-state index is 11.9. The fourth-order valence-corrected chi connectivity index (χ4v) is 1.80. The molecular formula is C12H13ClN4O. The maximum atomic E-state index is 11.9. The van der Waals surface area contributed by atoms with Crippen molar-refractivity contribution in [2.24, 2.45) is 0 Å². The van der Waals surface area contributed by atoms with Crippen LogP contribution in [0.2, 0.25) is 5.15 Å². The predicted octanol–water partition coefficient (Wildman–Crippen LogP) is 1.75. The summed E-state index contributed by atoms with van der Waals surface area (Å²) in [6, 6.07) is 5.12. The van der Waals surface area contributed by atoms with Crippen LogP contribution in [0.25, 0.3) is 0 Å². The van der Waals surface area contributed by atoms with E-state index in [4.69, 9.17) is 11.6 Å². The molecule has 0 saturated heterocycles. The molecule has 6 heteroatoms. The number of aromatic nitrogens is 3. The van der Waals surface area contributed by atoms with Gasteiger partial charge in [0.15, 0.2) is 0 Å². The monoisotopic (exact) mass is 264 g/mol. The summed E-state index contributed by atoms with van der Waals surface area (Å²) in [7, 11) is 0. The van der Waals surface area contributed by atoms with Crippen LogP contribution in [0.1, 0.15) is 17.3 Å². The van der Waals surface area contributed by atoms with E-state index >= 15 is 0 Å². The van der Waals surface area contributed by atoms with Gasteiger partial charge in [-0.3, -0.25) is 9.48 Å².